The van der Waals surface area contributed by atoms with Crippen molar-refractivity contribution in [1.82, 2.24) is 15.2 Å². The SMILES string of the molecule is CCCNC1CC2CCC(C1)N2C(C)c1ncc(C)s1. The second-order valence-electron chi connectivity index (χ2n) is 6.44. The maximum Gasteiger partial charge on any atom is 0.110 e. The van der Waals surface area contributed by atoms with E-state index in [9.17, 15) is 0 Å². The zero-order valence-corrected chi connectivity index (χ0v) is 13.7. The molecule has 2 aliphatic heterocycles. The largest absolute Gasteiger partial charge is 0.314 e. The van der Waals surface area contributed by atoms with Gasteiger partial charge < -0.3 is 5.32 Å². The zero-order valence-electron chi connectivity index (χ0n) is 12.9. The highest BCUT2D eigenvalue weighted by Gasteiger charge is 2.43. The van der Waals surface area contributed by atoms with Crippen molar-refractivity contribution in [3.8, 4) is 0 Å². The van der Waals surface area contributed by atoms with Crippen LogP contribution in [-0.4, -0.2) is 34.6 Å². The van der Waals surface area contributed by atoms with Crippen LogP contribution >= 0.6 is 11.3 Å². The summed E-state index contributed by atoms with van der Waals surface area (Å²) in [6.45, 7) is 7.93. The summed E-state index contributed by atoms with van der Waals surface area (Å²) in [5, 5.41) is 5.04. The Hall–Kier alpha value is -0.450. The summed E-state index contributed by atoms with van der Waals surface area (Å²) < 4.78 is 0. The summed E-state index contributed by atoms with van der Waals surface area (Å²) >= 11 is 1.87. The number of hydrogen-bond acceptors (Lipinski definition) is 4. The molecule has 3 rings (SSSR count). The molecule has 2 fully saturated rings. The number of piperidine rings is 1. The monoisotopic (exact) mass is 293 g/mol. The fraction of sp³-hybridized carbons (Fsp3) is 0.812. The molecule has 112 valence electrons. The number of aryl methyl sites for hydroxylation is 1. The summed E-state index contributed by atoms with van der Waals surface area (Å²) in [5.41, 5.74) is 0. The minimum absolute atomic E-state index is 0.498. The Morgan fingerprint density at radius 1 is 1.40 bits per heavy atom. The zero-order chi connectivity index (χ0) is 14.1. The van der Waals surface area contributed by atoms with Gasteiger partial charge in [0.05, 0.1) is 6.04 Å². The third kappa shape index (κ3) is 2.78. The predicted molar refractivity (Wildman–Crippen MR) is 85.2 cm³/mol. The van der Waals surface area contributed by atoms with Crippen molar-refractivity contribution in [2.24, 2.45) is 0 Å². The van der Waals surface area contributed by atoms with E-state index >= 15 is 0 Å². The summed E-state index contributed by atoms with van der Waals surface area (Å²) in [6.07, 6.45) is 8.67. The second kappa shape index (κ2) is 6.12. The molecule has 0 aliphatic carbocycles. The molecule has 3 heterocycles. The average molecular weight is 293 g/mol. The number of nitrogens with one attached hydrogen (secondary N) is 1. The first-order valence-electron chi connectivity index (χ1n) is 8.12. The molecule has 2 aliphatic rings. The fourth-order valence-corrected chi connectivity index (χ4v) is 4.89. The van der Waals surface area contributed by atoms with Crippen molar-refractivity contribution in [3.63, 3.8) is 0 Å². The highest BCUT2D eigenvalue weighted by Crippen LogP contribution is 2.42. The van der Waals surface area contributed by atoms with Crippen LogP contribution in [0.4, 0.5) is 0 Å². The number of thiazole rings is 1. The first kappa shape index (κ1) is 14.5. The van der Waals surface area contributed by atoms with Crippen LogP contribution in [0.15, 0.2) is 6.20 Å². The second-order valence-corrected chi connectivity index (χ2v) is 7.71. The van der Waals surface area contributed by atoms with Crippen molar-refractivity contribution < 1.29 is 0 Å². The molecule has 20 heavy (non-hydrogen) atoms. The number of fused-ring (bicyclic) bond motifs is 2. The molecule has 1 aromatic heterocycles. The molecule has 0 radical (unpaired) electrons. The molecule has 2 bridgehead atoms. The van der Waals surface area contributed by atoms with Crippen molar-refractivity contribution in [3.05, 3.63) is 16.1 Å². The van der Waals surface area contributed by atoms with Gasteiger partial charge >= 0.3 is 0 Å². The molecule has 3 unspecified atom stereocenters. The number of hydrogen-bond donors (Lipinski definition) is 1. The van der Waals surface area contributed by atoms with Crippen LogP contribution in [0.3, 0.4) is 0 Å². The van der Waals surface area contributed by atoms with E-state index in [0.717, 1.165) is 18.1 Å². The van der Waals surface area contributed by atoms with E-state index in [2.05, 4.69) is 36.0 Å². The first-order valence-corrected chi connectivity index (χ1v) is 8.93. The topological polar surface area (TPSA) is 28.2 Å². The third-order valence-electron chi connectivity index (χ3n) is 4.92. The lowest BCUT2D eigenvalue weighted by molar-refractivity contribution is 0.0770. The molecule has 0 spiro atoms. The van der Waals surface area contributed by atoms with Crippen molar-refractivity contribution in [2.75, 3.05) is 6.54 Å². The highest BCUT2D eigenvalue weighted by molar-refractivity contribution is 7.11. The van der Waals surface area contributed by atoms with Gasteiger partial charge in [-0.25, -0.2) is 4.98 Å². The molecule has 1 N–H and O–H groups in total. The van der Waals surface area contributed by atoms with Gasteiger partial charge in [-0.05, 0) is 52.5 Å². The number of aromatic nitrogens is 1. The molecule has 3 atom stereocenters. The molecule has 0 aromatic carbocycles. The summed E-state index contributed by atoms with van der Waals surface area (Å²) in [5.74, 6) is 0. The van der Waals surface area contributed by atoms with Crippen molar-refractivity contribution in [1.29, 1.82) is 0 Å². The van der Waals surface area contributed by atoms with Crippen LogP contribution in [0.5, 0.6) is 0 Å². The van der Waals surface area contributed by atoms with E-state index in [1.165, 1.54) is 48.5 Å². The number of nitrogens with zero attached hydrogens (tertiary/aromatic N) is 2. The molecule has 4 heteroatoms. The van der Waals surface area contributed by atoms with E-state index in [1.54, 1.807) is 0 Å². The third-order valence-corrected chi connectivity index (χ3v) is 6.00. The average Bonchev–Trinajstić information content (AvgIpc) is 2.98. The van der Waals surface area contributed by atoms with Gasteiger partial charge in [0.1, 0.15) is 5.01 Å². The van der Waals surface area contributed by atoms with Gasteiger partial charge in [0.25, 0.3) is 0 Å². The Labute approximate surface area is 126 Å². The normalized spacial score (nSPS) is 31.6. The smallest absolute Gasteiger partial charge is 0.110 e. The lowest BCUT2D eigenvalue weighted by atomic mass is 9.95. The van der Waals surface area contributed by atoms with Crippen LogP contribution in [0, 0.1) is 6.92 Å². The molecule has 0 saturated carbocycles. The van der Waals surface area contributed by atoms with E-state index < -0.39 is 0 Å². The Bertz CT molecular complexity index is 431. The lowest BCUT2D eigenvalue weighted by Crippen LogP contribution is -2.49. The maximum absolute atomic E-state index is 4.62. The Morgan fingerprint density at radius 3 is 2.65 bits per heavy atom. The predicted octanol–water partition coefficient (Wildman–Crippen LogP) is 3.51. The minimum Gasteiger partial charge on any atom is -0.314 e. The lowest BCUT2D eigenvalue weighted by Gasteiger charge is -2.42. The van der Waals surface area contributed by atoms with Gasteiger partial charge in [-0.2, -0.15) is 0 Å². The summed E-state index contributed by atoms with van der Waals surface area (Å²) in [4.78, 5) is 8.72. The minimum atomic E-state index is 0.498. The molecular weight excluding hydrogens is 266 g/mol. The molecular formula is C16H27N3S. The van der Waals surface area contributed by atoms with E-state index in [0.29, 0.717) is 6.04 Å². The molecule has 1 aromatic rings. The van der Waals surface area contributed by atoms with Crippen LogP contribution in [0.2, 0.25) is 0 Å². The number of rotatable bonds is 5. The van der Waals surface area contributed by atoms with E-state index in [-0.39, 0.29) is 0 Å². The maximum atomic E-state index is 4.62. The summed E-state index contributed by atoms with van der Waals surface area (Å²) in [7, 11) is 0. The van der Waals surface area contributed by atoms with Gasteiger partial charge in [0, 0.05) is 29.2 Å². The Balaban J connectivity index is 1.67. The van der Waals surface area contributed by atoms with Crippen molar-refractivity contribution in [2.45, 2.75) is 77.0 Å². The highest BCUT2D eigenvalue weighted by atomic mass is 32.1. The van der Waals surface area contributed by atoms with Gasteiger partial charge in [0.2, 0.25) is 0 Å². The summed E-state index contributed by atoms with van der Waals surface area (Å²) in [6, 6.07) is 2.77. The van der Waals surface area contributed by atoms with E-state index in [4.69, 9.17) is 0 Å². The van der Waals surface area contributed by atoms with Crippen molar-refractivity contribution >= 4 is 11.3 Å². The van der Waals surface area contributed by atoms with Crippen LogP contribution < -0.4 is 5.32 Å². The van der Waals surface area contributed by atoms with Gasteiger partial charge in [-0.1, -0.05) is 6.92 Å². The first-order chi connectivity index (χ1) is 9.69. The molecule has 0 amide bonds. The van der Waals surface area contributed by atoms with Crippen LogP contribution in [0.1, 0.15) is 61.9 Å². The quantitative estimate of drug-likeness (QED) is 0.900. The molecule has 2 saturated heterocycles. The van der Waals surface area contributed by atoms with Crippen LogP contribution in [-0.2, 0) is 0 Å². The van der Waals surface area contributed by atoms with Crippen LogP contribution in [0.25, 0.3) is 0 Å². The fourth-order valence-electron chi connectivity index (χ4n) is 4.05. The Morgan fingerprint density at radius 2 is 2.10 bits per heavy atom. The van der Waals surface area contributed by atoms with Gasteiger partial charge in [-0.3, -0.25) is 4.90 Å². The standard InChI is InChI=1S/C16H27N3S/c1-4-7-17-13-8-14-5-6-15(9-13)19(14)12(3)16-18-10-11(2)20-16/h10,12-15,17H,4-9H2,1-3H3. The molecule has 3 nitrogen and oxygen atoms in total. The van der Waals surface area contributed by atoms with Gasteiger partial charge in [0.15, 0.2) is 0 Å². The van der Waals surface area contributed by atoms with E-state index in [1.807, 2.05) is 17.5 Å². The Kier molecular flexibility index (Phi) is 4.43. The van der Waals surface area contributed by atoms with Gasteiger partial charge in [-0.15, -0.1) is 11.3 Å².